The Morgan fingerprint density at radius 1 is 1.39 bits per heavy atom. The van der Waals surface area contributed by atoms with E-state index in [1.807, 2.05) is 20.1 Å². The summed E-state index contributed by atoms with van der Waals surface area (Å²) < 4.78 is 10.8. The van der Waals surface area contributed by atoms with Crippen LogP contribution >= 0.6 is 11.8 Å². The quantitative estimate of drug-likeness (QED) is 0.739. The second-order valence-corrected chi connectivity index (χ2v) is 6.95. The third-order valence-corrected chi connectivity index (χ3v) is 4.47. The van der Waals surface area contributed by atoms with Gasteiger partial charge in [0, 0.05) is 31.4 Å². The molecule has 2 amide bonds. The summed E-state index contributed by atoms with van der Waals surface area (Å²) in [5.41, 5.74) is 0. The number of carbonyl (C=O) groups is 1. The van der Waals surface area contributed by atoms with E-state index < -0.39 is 0 Å². The summed E-state index contributed by atoms with van der Waals surface area (Å²) in [6.45, 7) is 6.06. The molecule has 2 rings (SSSR count). The highest BCUT2D eigenvalue weighted by molar-refractivity contribution is 7.98. The molecule has 0 saturated carbocycles. The van der Waals surface area contributed by atoms with Gasteiger partial charge in [-0.3, -0.25) is 0 Å². The number of hydrogen-bond donors (Lipinski definition) is 2. The molecule has 0 aromatic carbocycles. The van der Waals surface area contributed by atoms with Gasteiger partial charge in [-0.15, -0.1) is 0 Å². The smallest absolute Gasteiger partial charge is 0.315 e. The van der Waals surface area contributed by atoms with E-state index >= 15 is 0 Å². The molecule has 0 radical (unpaired) electrons. The molecular formula is C15H26N4O3S. The van der Waals surface area contributed by atoms with Crippen LogP contribution in [0.5, 0.6) is 0 Å². The van der Waals surface area contributed by atoms with Crippen LogP contribution in [-0.4, -0.2) is 47.9 Å². The summed E-state index contributed by atoms with van der Waals surface area (Å²) >= 11 is 1.69. The first-order valence-electron chi connectivity index (χ1n) is 8.06. The van der Waals surface area contributed by atoms with Gasteiger partial charge < -0.3 is 19.9 Å². The van der Waals surface area contributed by atoms with E-state index in [1.165, 1.54) is 0 Å². The number of urea groups is 1. The predicted molar refractivity (Wildman–Crippen MR) is 89.6 cm³/mol. The zero-order chi connectivity index (χ0) is 16.7. The fraction of sp³-hybridized carbons (Fsp3) is 0.800. The number of amides is 2. The summed E-state index contributed by atoms with van der Waals surface area (Å²) in [6.07, 6.45) is 3.75. The summed E-state index contributed by atoms with van der Waals surface area (Å²) in [7, 11) is 0. The van der Waals surface area contributed by atoms with Crippen LogP contribution in [-0.2, 0) is 4.74 Å². The molecule has 8 heteroatoms. The van der Waals surface area contributed by atoms with Crippen molar-refractivity contribution in [3.63, 3.8) is 0 Å². The third-order valence-electron chi connectivity index (χ3n) is 3.86. The Bertz CT molecular complexity index is 489. The Balaban J connectivity index is 2.05. The molecule has 1 aromatic rings. The normalized spacial score (nSPS) is 17.2. The number of hydrogen-bond acceptors (Lipinski definition) is 6. The number of rotatable bonds is 7. The zero-order valence-electron chi connectivity index (χ0n) is 14.0. The van der Waals surface area contributed by atoms with Crippen molar-refractivity contribution in [1.29, 1.82) is 0 Å². The zero-order valence-corrected chi connectivity index (χ0v) is 14.8. The van der Waals surface area contributed by atoms with Gasteiger partial charge in [-0.2, -0.15) is 16.7 Å². The number of nitrogens with one attached hydrogen (secondary N) is 2. The highest BCUT2D eigenvalue weighted by atomic mass is 32.2. The Kier molecular flexibility index (Phi) is 7.16. The van der Waals surface area contributed by atoms with Crippen LogP contribution in [0.1, 0.15) is 50.4 Å². The Morgan fingerprint density at radius 2 is 2.13 bits per heavy atom. The minimum Gasteiger partial charge on any atom is -0.381 e. The van der Waals surface area contributed by atoms with E-state index in [4.69, 9.17) is 9.26 Å². The average Bonchev–Trinajstić information content (AvgIpc) is 3.04. The first kappa shape index (κ1) is 18.1. The van der Waals surface area contributed by atoms with Crippen molar-refractivity contribution in [3.8, 4) is 0 Å². The second-order valence-electron chi connectivity index (χ2n) is 5.97. The molecule has 1 fully saturated rings. The lowest BCUT2D eigenvalue weighted by Crippen LogP contribution is -2.42. The van der Waals surface area contributed by atoms with Gasteiger partial charge in [-0.25, -0.2) is 4.79 Å². The van der Waals surface area contributed by atoms with Gasteiger partial charge in [0.25, 0.3) is 0 Å². The van der Waals surface area contributed by atoms with Gasteiger partial charge in [0.15, 0.2) is 5.82 Å². The Labute approximate surface area is 141 Å². The number of aromatic nitrogens is 2. The number of nitrogens with zero attached hydrogens (tertiary/aromatic N) is 2. The molecule has 1 unspecified atom stereocenters. The fourth-order valence-electron chi connectivity index (χ4n) is 2.50. The van der Waals surface area contributed by atoms with Crippen molar-refractivity contribution in [2.45, 2.75) is 38.6 Å². The lowest BCUT2D eigenvalue weighted by molar-refractivity contribution is 0.0503. The van der Waals surface area contributed by atoms with Crippen LogP contribution in [0.2, 0.25) is 0 Å². The lowest BCUT2D eigenvalue weighted by atomic mass is 9.91. The van der Waals surface area contributed by atoms with Crippen molar-refractivity contribution in [2.24, 2.45) is 5.92 Å². The van der Waals surface area contributed by atoms with E-state index in [9.17, 15) is 4.79 Å². The number of thioether (sulfide) groups is 1. The molecule has 23 heavy (non-hydrogen) atoms. The molecule has 0 aliphatic carbocycles. The van der Waals surface area contributed by atoms with Gasteiger partial charge in [-0.05, 0) is 25.0 Å². The lowest BCUT2D eigenvalue weighted by Gasteiger charge is -2.28. The van der Waals surface area contributed by atoms with Crippen LogP contribution in [0.3, 0.4) is 0 Å². The van der Waals surface area contributed by atoms with Crippen molar-refractivity contribution >= 4 is 17.8 Å². The van der Waals surface area contributed by atoms with Gasteiger partial charge in [0.05, 0.1) is 0 Å². The monoisotopic (exact) mass is 342 g/mol. The molecule has 1 aliphatic heterocycles. The van der Waals surface area contributed by atoms with Crippen LogP contribution in [0.15, 0.2) is 4.52 Å². The molecule has 1 atom stereocenters. The van der Waals surface area contributed by atoms with E-state index in [0.717, 1.165) is 18.6 Å². The predicted octanol–water partition coefficient (Wildman–Crippen LogP) is 2.32. The number of ether oxygens (including phenoxy) is 1. The highest BCUT2D eigenvalue weighted by Crippen LogP contribution is 2.29. The first-order valence-corrected chi connectivity index (χ1v) is 9.45. The molecule has 0 bridgehead atoms. The summed E-state index contributed by atoms with van der Waals surface area (Å²) in [5, 5.41) is 9.89. The third kappa shape index (κ3) is 5.39. The van der Waals surface area contributed by atoms with Crippen molar-refractivity contribution < 1.29 is 14.1 Å². The van der Waals surface area contributed by atoms with Crippen LogP contribution in [0, 0.1) is 5.92 Å². The molecule has 2 N–H and O–H groups in total. The molecule has 2 heterocycles. The van der Waals surface area contributed by atoms with Gasteiger partial charge in [-0.1, -0.05) is 19.0 Å². The highest BCUT2D eigenvalue weighted by Gasteiger charge is 2.31. The largest absolute Gasteiger partial charge is 0.381 e. The van der Waals surface area contributed by atoms with Crippen molar-refractivity contribution in [2.75, 3.05) is 31.8 Å². The maximum atomic E-state index is 12.1. The van der Waals surface area contributed by atoms with Crippen LogP contribution in [0.4, 0.5) is 4.79 Å². The van der Waals surface area contributed by atoms with E-state index in [1.54, 1.807) is 11.8 Å². The molecule has 0 spiro atoms. The molecule has 130 valence electrons. The maximum Gasteiger partial charge on any atom is 0.315 e. The average molecular weight is 342 g/mol. The number of carbonyl (C=O) groups excluding carboxylic acids is 1. The Hall–Kier alpha value is -1.28. The molecule has 7 nitrogen and oxygen atoms in total. The summed E-state index contributed by atoms with van der Waals surface area (Å²) in [6, 6.07) is -0.465. The van der Waals surface area contributed by atoms with Crippen LogP contribution < -0.4 is 10.6 Å². The van der Waals surface area contributed by atoms with E-state index in [-0.39, 0.29) is 23.9 Å². The fourth-order valence-corrected chi connectivity index (χ4v) is 2.80. The van der Waals surface area contributed by atoms with Crippen LogP contribution in [0.25, 0.3) is 0 Å². The Morgan fingerprint density at radius 3 is 2.74 bits per heavy atom. The minimum atomic E-state index is -0.270. The molecule has 1 saturated heterocycles. The standard InChI is InChI=1S/C15H26N4O3S/c1-10(2)13-18-14(22-19-13)12(11-4-7-21-8-5-11)17-15(20)16-6-9-23-3/h10-12H,4-9H2,1-3H3,(H2,16,17,20). The van der Waals surface area contributed by atoms with Gasteiger partial charge in [0.2, 0.25) is 5.89 Å². The van der Waals surface area contributed by atoms with Crippen molar-refractivity contribution in [1.82, 2.24) is 20.8 Å². The summed E-state index contributed by atoms with van der Waals surface area (Å²) in [4.78, 5) is 16.6. The van der Waals surface area contributed by atoms with Crippen molar-refractivity contribution in [3.05, 3.63) is 11.7 Å². The van der Waals surface area contributed by atoms with E-state index in [0.29, 0.717) is 31.5 Å². The van der Waals surface area contributed by atoms with Gasteiger partial charge >= 0.3 is 6.03 Å². The molecule has 1 aliphatic rings. The minimum absolute atomic E-state index is 0.193. The molecular weight excluding hydrogens is 316 g/mol. The van der Waals surface area contributed by atoms with Gasteiger partial charge in [0.1, 0.15) is 6.04 Å². The molecule has 1 aromatic heterocycles. The first-order chi connectivity index (χ1) is 11.1. The maximum absolute atomic E-state index is 12.1. The van der Waals surface area contributed by atoms with E-state index in [2.05, 4.69) is 20.8 Å². The topological polar surface area (TPSA) is 89.3 Å². The summed E-state index contributed by atoms with van der Waals surface area (Å²) in [5.74, 6) is 2.48. The second kappa shape index (κ2) is 9.12. The SMILES string of the molecule is CSCCNC(=O)NC(c1nc(C(C)C)no1)C1CCOCC1.